The minimum Gasteiger partial charge on any atom is -0.383 e. The van der Waals surface area contributed by atoms with Crippen molar-refractivity contribution in [3.8, 4) is 0 Å². The molecule has 6 heteroatoms. The maximum atomic E-state index is 12.2. The summed E-state index contributed by atoms with van der Waals surface area (Å²) in [6, 6.07) is 11.7. The third kappa shape index (κ3) is 4.09. The van der Waals surface area contributed by atoms with Crippen LogP contribution < -0.4 is 11.1 Å². The molecule has 0 fully saturated rings. The molecular formula is C15H17N3OS2. The van der Waals surface area contributed by atoms with Crippen molar-refractivity contribution in [3.63, 3.8) is 0 Å². The Balaban J connectivity index is 1.98. The van der Waals surface area contributed by atoms with Gasteiger partial charge in [0, 0.05) is 6.54 Å². The van der Waals surface area contributed by atoms with E-state index in [1.807, 2.05) is 36.6 Å². The van der Waals surface area contributed by atoms with Crippen molar-refractivity contribution in [3.05, 3.63) is 52.4 Å². The fourth-order valence-corrected chi connectivity index (χ4v) is 3.60. The summed E-state index contributed by atoms with van der Waals surface area (Å²) in [5, 5.41) is 10.4. The second-order valence-corrected chi connectivity index (χ2v) is 6.55. The van der Waals surface area contributed by atoms with Crippen molar-refractivity contribution in [2.45, 2.75) is 10.6 Å². The summed E-state index contributed by atoms with van der Waals surface area (Å²) >= 11 is 2.88. The van der Waals surface area contributed by atoms with E-state index in [2.05, 4.69) is 5.32 Å². The first-order chi connectivity index (χ1) is 10.1. The molecule has 0 saturated heterocycles. The molecule has 4 nitrogen and oxygen atoms in total. The monoisotopic (exact) mass is 319 g/mol. The Hall–Kier alpha value is -1.79. The smallest absolute Gasteiger partial charge is 0.253 e. The number of hydrogen-bond donors (Lipinski definition) is 3. The van der Waals surface area contributed by atoms with Crippen LogP contribution in [0.5, 0.6) is 0 Å². The molecule has 0 radical (unpaired) electrons. The maximum absolute atomic E-state index is 12.2. The fraction of sp³-hybridized carbons (Fsp3) is 0.200. The molecule has 1 heterocycles. The maximum Gasteiger partial charge on any atom is 0.253 e. The van der Waals surface area contributed by atoms with Gasteiger partial charge in [-0.15, -0.1) is 23.1 Å². The molecule has 0 saturated carbocycles. The second-order valence-electron chi connectivity index (χ2n) is 4.42. The van der Waals surface area contributed by atoms with E-state index in [4.69, 9.17) is 11.1 Å². The molecule has 1 aromatic carbocycles. The molecule has 110 valence electrons. The average Bonchev–Trinajstić information content (AvgIpc) is 2.93. The van der Waals surface area contributed by atoms with Gasteiger partial charge in [0.05, 0.1) is 14.6 Å². The number of amidine groups is 1. The molecule has 0 aliphatic rings. The van der Waals surface area contributed by atoms with Crippen LogP contribution in [-0.2, 0) is 6.42 Å². The number of rotatable bonds is 6. The quantitative estimate of drug-likeness (QED) is 0.435. The Morgan fingerprint density at radius 1 is 1.38 bits per heavy atom. The van der Waals surface area contributed by atoms with E-state index in [1.165, 1.54) is 28.7 Å². The van der Waals surface area contributed by atoms with E-state index < -0.39 is 0 Å². The van der Waals surface area contributed by atoms with E-state index in [1.54, 1.807) is 6.07 Å². The molecule has 0 atom stereocenters. The number of thioether (sulfide) groups is 1. The van der Waals surface area contributed by atoms with Crippen LogP contribution in [0.2, 0.25) is 0 Å². The highest BCUT2D eigenvalue weighted by molar-refractivity contribution is 8.00. The first-order valence-corrected chi connectivity index (χ1v) is 8.50. The Bertz CT molecular complexity index is 638. The first-order valence-electron chi connectivity index (χ1n) is 6.46. The van der Waals surface area contributed by atoms with Crippen molar-refractivity contribution < 1.29 is 4.79 Å². The molecule has 2 rings (SSSR count). The lowest BCUT2D eigenvalue weighted by Crippen LogP contribution is -2.25. The number of amides is 1. The molecule has 0 spiro atoms. The number of hydrogen-bond acceptors (Lipinski definition) is 4. The predicted molar refractivity (Wildman–Crippen MR) is 89.6 cm³/mol. The van der Waals surface area contributed by atoms with E-state index in [9.17, 15) is 4.79 Å². The third-order valence-electron chi connectivity index (χ3n) is 2.94. The normalized spacial score (nSPS) is 10.3. The van der Waals surface area contributed by atoms with Gasteiger partial charge in [0.2, 0.25) is 0 Å². The van der Waals surface area contributed by atoms with E-state index in [0.717, 1.165) is 10.6 Å². The molecule has 1 amide bonds. The van der Waals surface area contributed by atoms with Crippen molar-refractivity contribution in [1.82, 2.24) is 5.32 Å². The zero-order chi connectivity index (χ0) is 15.2. The molecule has 0 aliphatic carbocycles. The summed E-state index contributed by atoms with van der Waals surface area (Å²) in [4.78, 5) is 12.9. The van der Waals surface area contributed by atoms with Crippen LogP contribution in [0, 0.1) is 5.41 Å². The van der Waals surface area contributed by atoms with Crippen LogP contribution in [0.25, 0.3) is 0 Å². The predicted octanol–water partition coefficient (Wildman–Crippen LogP) is 2.73. The number of benzene rings is 1. The number of nitrogens with one attached hydrogen (secondary N) is 2. The molecular weight excluding hydrogens is 302 g/mol. The number of carbonyl (C=O) groups is 1. The highest BCUT2D eigenvalue weighted by Gasteiger charge is 2.16. The fourth-order valence-electron chi connectivity index (χ4n) is 1.88. The lowest BCUT2D eigenvalue weighted by Gasteiger charge is -2.05. The van der Waals surface area contributed by atoms with Crippen molar-refractivity contribution in [2.75, 3.05) is 12.8 Å². The lowest BCUT2D eigenvalue weighted by molar-refractivity contribution is 0.0952. The topological polar surface area (TPSA) is 79.0 Å². The Morgan fingerprint density at radius 3 is 2.71 bits per heavy atom. The van der Waals surface area contributed by atoms with Crippen LogP contribution in [0.15, 0.2) is 40.6 Å². The van der Waals surface area contributed by atoms with Gasteiger partial charge in [-0.1, -0.05) is 30.3 Å². The number of nitrogen functional groups attached to an aromatic ring is 1. The highest BCUT2D eigenvalue weighted by Crippen LogP contribution is 2.30. The largest absolute Gasteiger partial charge is 0.383 e. The summed E-state index contributed by atoms with van der Waals surface area (Å²) in [6.45, 7) is 0.585. The molecule has 21 heavy (non-hydrogen) atoms. The zero-order valence-corrected chi connectivity index (χ0v) is 13.3. The minimum atomic E-state index is -0.112. The zero-order valence-electron chi connectivity index (χ0n) is 11.7. The third-order valence-corrected chi connectivity index (χ3v) is 5.24. The first kappa shape index (κ1) is 15.6. The summed E-state index contributed by atoms with van der Waals surface area (Å²) in [5.41, 5.74) is 7.27. The van der Waals surface area contributed by atoms with Gasteiger partial charge in [0.25, 0.3) is 5.91 Å². The van der Waals surface area contributed by atoms with Crippen LogP contribution in [-0.4, -0.2) is 24.5 Å². The molecule has 0 unspecified atom stereocenters. The van der Waals surface area contributed by atoms with Crippen molar-refractivity contribution in [1.29, 1.82) is 5.41 Å². The number of thiophene rings is 1. The summed E-state index contributed by atoms with van der Waals surface area (Å²) in [6.07, 6.45) is 2.71. The summed E-state index contributed by atoms with van der Waals surface area (Å²) in [5.74, 6) is -0.113. The summed E-state index contributed by atoms with van der Waals surface area (Å²) in [7, 11) is 0. The molecule has 0 bridgehead atoms. The SMILES string of the molecule is CSc1sc(C(=N)N)cc1C(=O)NCCc1ccccc1. The van der Waals surface area contributed by atoms with Gasteiger partial charge in [-0.25, -0.2) is 0 Å². The van der Waals surface area contributed by atoms with Gasteiger partial charge in [0.1, 0.15) is 5.84 Å². The average molecular weight is 319 g/mol. The van der Waals surface area contributed by atoms with E-state index >= 15 is 0 Å². The van der Waals surface area contributed by atoms with E-state index in [0.29, 0.717) is 17.0 Å². The molecule has 1 aromatic heterocycles. The van der Waals surface area contributed by atoms with Crippen molar-refractivity contribution >= 4 is 34.8 Å². The number of carbonyl (C=O) groups excluding carboxylic acids is 1. The highest BCUT2D eigenvalue weighted by atomic mass is 32.2. The van der Waals surface area contributed by atoms with Crippen LogP contribution in [0.1, 0.15) is 20.8 Å². The van der Waals surface area contributed by atoms with Gasteiger partial charge in [-0.2, -0.15) is 0 Å². The van der Waals surface area contributed by atoms with Gasteiger partial charge >= 0.3 is 0 Å². The molecule has 4 N–H and O–H groups in total. The number of nitrogens with two attached hydrogens (primary N) is 1. The minimum absolute atomic E-state index is 0.00126. The van der Waals surface area contributed by atoms with Gasteiger partial charge in [0.15, 0.2) is 0 Å². The van der Waals surface area contributed by atoms with Crippen molar-refractivity contribution in [2.24, 2.45) is 5.73 Å². The standard InChI is InChI=1S/C15H17N3OS2/c1-20-15-11(9-12(21-15)13(16)17)14(19)18-8-7-10-5-3-2-4-6-10/h2-6,9H,7-8H2,1H3,(H3,16,17)(H,18,19). The summed E-state index contributed by atoms with van der Waals surface area (Å²) < 4.78 is 0.886. The molecule has 2 aromatic rings. The van der Waals surface area contributed by atoms with Gasteiger partial charge in [-0.05, 0) is 24.3 Å². The lowest BCUT2D eigenvalue weighted by atomic mass is 10.1. The Kier molecular flexibility index (Phi) is 5.41. The Morgan fingerprint density at radius 2 is 2.10 bits per heavy atom. The van der Waals surface area contributed by atoms with Crippen LogP contribution >= 0.6 is 23.1 Å². The van der Waals surface area contributed by atoms with Gasteiger partial charge < -0.3 is 11.1 Å². The van der Waals surface area contributed by atoms with Gasteiger partial charge in [-0.3, -0.25) is 10.2 Å². The second kappa shape index (κ2) is 7.28. The van der Waals surface area contributed by atoms with Crippen LogP contribution in [0.4, 0.5) is 0 Å². The van der Waals surface area contributed by atoms with E-state index in [-0.39, 0.29) is 11.7 Å². The van der Waals surface area contributed by atoms with Crippen LogP contribution in [0.3, 0.4) is 0 Å². The molecule has 0 aliphatic heterocycles. The Labute approximate surface area is 132 Å².